The van der Waals surface area contributed by atoms with Gasteiger partial charge in [0.1, 0.15) is 11.9 Å². The molecule has 1 aromatic rings. The summed E-state index contributed by atoms with van der Waals surface area (Å²) < 4.78 is 42.6. The molecule has 0 aliphatic rings. The van der Waals surface area contributed by atoms with Crippen molar-refractivity contribution in [3.63, 3.8) is 0 Å². The first-order valence-corrected chi connectivity index (χ1v) is 8.62. The Morgan fingerprint density at radius 3 is 2.65 bits per heavy atom. The SMILES string of the molecule is CN=C(NCCCN(C)CC(F)(F)F)NCC(C)Oc1cccc(C)c1. The van der Waals surface area contributed by atoms with E-state index in [1.54, 1.807) is 7.05 Å². The first-order valence-electron chi connectivity index (χ1n) is 8.62. The molecule has 0 aromatic heterocycles. The van der Waals surface area contributed by atoms with Crippen molar-refractivity contribution in [2.45, 2.75) is 32.5 Å². The molecule has 26 heavy (non-hydrogen) atoms. The minimum atomic E-state index is -4.16. The Kier molecular flexibility index (Phi) is 9.26. The summed E-state index contributed by atoms with van der Waals surface area (Å²) in [6, 6.07) is 7.84. The number of benzene rings is 1. The molecule has 0 fully saturated rings. The molecule has 0 saturated heterocycles. The van der Waals surface area contributed by atoms with Gasteiger partial charge in [-0.2, -0.15) is 13.2 Å². The Morgan fingerprint density at radius 1 is 1.31 bits per heavy atom. The summed E-state index contributed by atoms with van der Waals surface area (Å²) in [7, 11) is 3.11. The number of nitrogens with zero attached hydrogens (tertiary/aromatic N) is 2. The Bertz CT molecular complexity index is 564. The summed E-state index contributed by atoms with van der Waals surface area (Å²) in [6.07, 6.45) is -3.64. The monoisotopic (exact) mass is 374 g/mol. The lowest BCUT2D eigenvalue weighted by atomic mass is 10.2. The van der Waals surface area contributed by atoms with E-state index in [1.165, 1.54) is 11.9 Å². The number of aryl methyl sites for hydroxylation is 1. The summed E-state index contributed by atoms with van der Waals surface area (Å²) in [6.45, 7) is 4.52. The number of aliphatic imine (C=N–C) groups is 1. The van der Waals surface area contributed by atoms with Gasteiger partial charge in [-0.3, -0.25) is 9.89 Å². The quantitative estimate of drug-likeness (QED) is 0.396. The minimum absolute atomic E-state index is 0.0618. The van der Waals surface area contributed by atoms with Crippen LogP contribution in [0.1, 0.15) is 18.9 Å². The zero-order valence-corrected chi connectivity index (χ0v) is 15.9. The molecular weight excluding hydrogens is 345 g/mol. The van der Waals surface area contributed by atoms with Crippen molar-refractivity contribution >= 4 is 5.96 Å². The van der Waals surface area contributed by atoms with E-state index < -0.39 is 12.7 Å². The highest BCUT2D eigenvalue weighted by Gasteiger charge is 2.28. The second-order valence-corrected chi connectivity index (χ2v) is 6.33. The molecule has 0 spiro atoms. The van der Waals surface area contributed by atoms with Crippen LogP contribution in [0.15, 0.2) is 29.3 Å². The topological polar surface area (TPSA) is 48.9 Å². The normalized spacial score (nSPS) is 13.6. The fourth-order valence-corrected chi connectivity index (χ4v) is 2.36. The molecule has 0 saturated carbocycles. The molecule has 0 radical (unpaired) electrons. The third kappa shape index (κ3) is 10.1. The van der Waals surface area contributed by atoms with Crippen LogP contribution in [0.3, 0.4) is 0 Å². The zero-order valence-electron chi connectivity index (χ0n) is 15.9. The van der Waals surface area contributed by atoms with Gasteiger partial charge in [0, 0.05) is 13.6 Å². The predicted molar refractivity (Wildman–Crippen MR) is 98.8 cm³/mol. The molecule has 8 heteroatoms. The van der Waals surface area contributed by atoms with Gasteiger partial charge in [0.05, 0.1) is 13.1 Å². The van der Waals surface area contributed by atoms with E-state index in [0.717, 1.165) is 11.3 Å². The minimum Gasteiger partial charge on any atom is -0.489 e. The van der Waals surface area contributed by atoms with Gasteiger partial charge in [0.15, 0.2) is 5.96 Å². The Balaban J connectivity index is 2.24. The van der Waals surface area contributed by atoms with Gasteiger partial charge in [0.2, 0.25) is 0 Å². The van der Waals surface area contributed by atoms with Crippen LogP contribution < -0.4 is 15.4 Å². The summed E-state index contributed by atoms with van der Waals surface area (Å²) in [5.41, 5.74) is 1.13. The first kappa shape index (κ1) is 22.1. The number of rotatable bonds is 9. The average Bonchev–Trinajstić information content (AvgIpc) is 2.52. The van der Waals surface area contributed by atoms with Crippen LogP contribution in [0, 0.1) is 6.92 Å². The van der Waals surface area contributed by atoms with E-state index in [9.17, 15) is 13.2 Å². The Labute approximate surface area is 153 Å². The molecule has 148 valence electrons. The third-order valence-corrected chi connectivity index (χ3v) is 3.57. The highest BCUT2D eigenvalue weighted by Crippen LogP contribution is 2.15. The van der Waals surface area contributed by atoms with E-state index in [4.69, 9.17) is 4.74 Å². The zero-order chi connectivity index (χ0) is 19.6. The van der Waals surface area contributed by atoms with E-state index >= 15 is 0 Å². The van der Waals surface area contributed by atoms with Crippen molar-refractivity contribution in [3.8, 4) is 5.75 Å². The molecule has 1 aromatic carbocycles. The van der Waals surface area contributed by atoms with Gasteiger partial charge in [-0.1, -0.05) is 12.1 Å². The van der Waals surface area contributed by atoms with Gasteiger partial charge in [0.25, 0.3) is 0 Å². The maximum Gasteiger partial charge on any atom is 0.401 e. The molecule has 0 bridgehead atoms. The molecule has 2 N–H and O–H groups in total. The third-order valence-electron chi connectivity index (χ3n) is 3.57. The van der Waals surface area contributed by atoms with Crippen LogP contribution in [-0.2, 0) is 0 Å². The number of alkyl halides is 3. The number of ether oxygens (including phenoxy) is 1. The molecule has 0 aliphatic carbocycles. The van der Waals surface area contributed by atoms with Crippen molar-refractivity contribution in [3.05, 3.63) is 29.8 Å². The number of hydrogen-bond acceptors (Lipinski definition) is 3. The molecule has 1 rings (SSSR count). The van der Waals surface area contributed by atoms with Crippen LogP contribution in [0.25, 0.3) is 0 Å². The van der Waals surface area contributed by atoms with Gasteiger partial charge < -0.3 is 15.4 Å². The van der Waals surface area contributed by atoms with Crippen molar-refractivity contribution in [2.24, 2.45) is 4.99 Å². The lowest BCUT2D eigenvalue weighted by Gasteiger charge is -2.20. The molecule has 0 amide bonds. The fraction of sp³-hybridized carbons (Fsp3) is 0.611. The standard InChI is InChI=1S/C18H29F3N4O/c1-14-7-5-8-16(11-14)26-15(2)12-24-17(22-3)23-9-6-10-25(4)13-18(19,20)21/h5,7-8,11,15H,6,9-10,12-13H2,1-4H3,(H2,22,23,24). The van der Waals surface area contributed by atoms with Gasteiger partial charge in [-0.25, -0.2) is 0 Å². The van der Waals surface area contributed by atoms with Gasteiger partial charge in [-0.15, -0.1) is 0 Å². The molecule has 0 aliphatic heterocycles. The molecule has 5 nitrogen and oxygen atoms in total. The maximum atomic E-state index is 12.3. The highest BCUT2D eigenvalue weighted by atomic mass is 19.4. The van der Waals surface area contributed by atoms with Crippen molar-refractivity contribution < 1.29 is 17.9 Å². The van der Waals surface area contributed by atoms with Gasteiger partial charge >= 0.3 is 6.18 Å². The lowest BCUT2D eigenvalue weighted by molar-refractivity contribution is -0.143. The number of halogens is 3. The van der Waals surface area contributed by atoms with Crippen molar-refractivity contribution in [2.75, 3.05) is 40.3 Å². The summed E-state index contributed by atoms with van der Waals surface area (Å²) in [5.74, 6) is 1.41. The molecule has 0 heterocycles. The van der Waals surface area contributed by atoms with E-state index in [0.29, 0.717) is 32.0 Å². The van der Waals surface area contributed by atoms with Crippen LogP contribution in [0.4, 0.5) is 13.2 Å². The highest BCUT2D eigenvalue weighted by molar-refractivity contribution is 5.79. The lowest BCUT2D eigenvalue weighted by Crippen LogP contribution is -2.42. The first-order chi connectivity index (χ1) is 12.2. The maximum absolute atomic E-state index is 12.3. The van der Waals surface area contributed by atoms with E-state index in [2.05, 4.69) is 15.6 Å². The summed E-state index contributed by atoms with van der Waals surface area (Å²) in [4.78, 5) is 5.36. The van der Waals surface area contributed by atoms with Gasteiger partial charge in [-0.05, 0) is 51.6 Å². The number of guanidine groups is 1. The van der Waals surface area contributed by atoms with E-state index in [1.807, 2.05) is 38.1 Å². The van der Waals surface area contributed by atoms with Crippen molar-refractivity contribution in [1.29, 1.82) is 0 Å². The summed E-state index contributed by atoms with van der Waals surface area (Å²) >= 11 is 0. The molecular formula is C18H29F3N4O. The second kappa shape index (κ2) is 10.9. The van der Waals surface area contributed by atoms with Crippen LogP contribution in [0.5, 0.6) is 5.75 Å². The van der Waals surface area contributed by atoms with Crippen LogP contribution >= 0.6 is 0 Å². The average molecular weight is 374 g/mol. The number of hydrogen-bond donors (Lipinski definition) is 2. The molecule has 1 unspecified atom stereocenters. The summed E-state index contributed by atoms with van der Waals surface area (Å²) in [5, 5.41) is 6.24. The van der Waals surface area contributed by atoms with Crippen LogP contribution in [0.2, 0.25) is 0 Å². The smallest absolute Gasteiger partial charge is 0.401 e. The largest absolute Gasteiger partial charge is 0.489 e. The van der Waals surface area contributed by atoms with Crippen LogP contribution in [-0.4, -0.2) is 63.4 Å². The predicted octanol–water partition coefficient (Wildman–Crippen LogP) is 2.81. The number of nitrogens with one attached hydrogen (secondary N) is 2. The Hall–Kier alpha value is -1.96. The fourth-order valence-electron chi connectivity index (χ4n) is 2.36. The van der Waals surface area contributed by atoms with Crippen molar-refractivity contribution in [1.82, 2.24) is 15.5 Å². The molecule has 1 atom stereocenters. The second-order valence-electron chi connectivity index (χ2n) is 6.33. The van der Waals surface area contributed by atoms with E-state index in [-0.39, 0.29) is 6.10 Å². The Morgan fingerprint density at radius 2 is 2.04 bits per heavy atom.